The highest BCUT2D eigenvalue weighted by Crippen LogP contribution is 2.35. The lowest BCUT2D eigenvalue weighted by Gasteiger charge is -2.09. The van der Waals surface area contributed by atoms with Gasteiger partial charge in [0, 0.05) is 9.86 Å². The summed E-state index contributed by atoms with van der Waals surface area (Å²) in [5, 5.41) is 17.4. The second kappa shape index (κ2) is 7.52. The first-order valence-corrected chi connectivity index (χ1v) is 8.18. The number of aromatic nitrogens is 1. The van der Waals surface area contributed by atoms with Crippen molar-refractivity contribution >= 4 is 38.4 Å². The van der Waals surface area contributed by atoms with Crippen LogP contribution in [0.15, 0.2) is 51.1 Å². The van der Waals surface area contributed by atoms with Crippen molar-refractivity contribution in [3.05, 3.63) is 46.7 Å². The molecule has 0 atom stereocenters. The first-order chi connectivity index (χ1) is 12.5. The summed E-state index contributed by atoms with van der Waals surface area (Å²) in [6.07, 6.45) is 0. The molecule has 0 saturated carbocycles. The van der Waals surface area contributed by atoms with Crippen LogP contribution in [0.5, 0.6) is 17.4 Å². The molecule has 2 aromatic carbocycles. The Labute approximate surface area is 155 Å². The Bertz CT molecular complexity index is 1000. The number of nitrogens with one attached hydrogen (secondary N) is 1. The van der Waals surface area contributed by atoms with Crippen molar-refractivity contribution in [2.45, 2.75) is 0 Å². The number of rotatable bonds is 5. The number of carbonyl (C=O) groups is 1. The first kappa shape index (κ1) is 17.9. The summed E-state index contributed by atoms with van der Waals surface area (Å²) in [6.45, 7) is -0.376. The fourth-order valence-corrected chi connectivity index (χ4v) is 2.61. The summed E-state index contributed by atoms with van der Waals surface area (Å²) in [7, 11) is 1.48. The number of azo groups is 1. The van der Waals surface area contributed by atoms with E-state index in [1.807, 2.05) is 0 Å². The molecule has 0 saturated heterocycles. The Hall–Kier alpha value is -2.94. The van der Waals surface area contributed by atoms with Gasteiger partial charge < -0.3 is 19.6 Å². The average Bonchev–Trinajstić information content (AvgIpc) is 2.93. The molecule has 0 aliphatic rings. The molecule has 134 valence electrons. The van der Waals surface area contributed by atoms with E-state index >= 15 is 0 Å². The van der Waals surface area contributed by atoms with Crippen molar-refractivity contribution in [3.63, 3.8) is 0 Å². The minimum atomic E-state index is -0.680. The van der Waals surface area contributed by atoms with Crippen LogP contribution in [-0.4, -0.2) is 29.7 Å². The van der Waals surface area contributed by atoms with E-state index < -0.39 is 11.7 Å². The van der Waals surface area contributed by atoms with Crippen LogP contribution in [0.1, 0.15) is 0 Å². The number of aromatic hydroxyl groups is 1. The zero-order valence-electron chi connectivity index (χ0n) is 13.5. The van der Waals surface area contributed by atoms with E-state index in [0.29, 0.717) is 22.4 Å². The van der Waals surface area contributed by atoms with Crippen molar-refractivity contribution < 1.29 is 23.8 Å². The van der Waals surface area contributed by atoms with Gasteiger partial charge in [-0.1, -0.05) is 15.9 Å². The Balaban J connectivity index is 1.73. The molecule has 26 heavy (non-hydrogen) atoms. The number of carbonyl (C=O) groups excluding carboxylic acids is 1. The number of halogens is 2. The number of hydrogen-bond donors (Lipinski definition) is 2. The van der Waals surface area contributed by atoms with E-state index in [-0.39, 0.29) is 18.2 Å². The molecule has 1 aromatic heterocycles. The monoisotopic (exact) mass is 421 g/mol. The third-order valence-electron chi connectivity index (χ3n) is 3.45. The smallest absolute Gasteiger partial charge is 0.302 e. The lowest BCUT2D eigenvalue weighted by molar-refractivity contribution is -0.120. The Morgan fingerprint density at radius 1 is 1.27 bits per heavy atom. The molecule has 7 nitrogen and oxygen atoms in total. The lowest BCUT2D eigenvalue weighted by atomic mass is 10.2. The van der Waals surface area contributed by atoms with Crippen LogP contribution in [0.25, 0.3) is 10.9 Å². The maximum Gasteiger partial charge on any atom is 0.302 e. The zero-order chi connectivity index (χ0) is 18.7. The van der Waals surface area contributed by atoms with Gasteiger partial charge in [0.2, 0.25) is 5.88 Å². The van der Waals surface area contributed by atoms with Crippen LogP contribution >= 0.6 is 15.9 Å². The number of ether oxygens (including phenoxy) is 2. The van der Waals surface area contributed by atoms with Gasteiger partial charge in [-0.25, -0.2) is 4.39 Å². The van der Waals surface area contributed by atoms with Crippen LogP contribution < -0.4 is 9.47 Å². The van der Waals surface area contributed by atoms with E-state index in [9.17, 15) is 14.3 Å². The van der Waals surface area contributed by atoms with Gasteiger partial charge in [0.25, 0.3) is 0 Å². The summed E-state index contributed by atoms with van der Waals surface area (Å²) in [5.41, 5.74) is 0.454. The number of fused-ring (bicyclic) bond motifs is 1. The molecule has 0 aliphatic carbocycles. The molecule has 3 aromatic rings. The largest absolute Gasteiger partial charge is 0.493 e. The van der Waals surface area contributed by atoms with E-state index in [0.717, 1.165) is 4.47 Å². The molecule has 9 heteroatoms. The van der Waals surface area contributed by atoms with E-state index in [4.69, 9.17) is 9.47 Å². The zero-order valence-corrected chi connectivity index (χ0v) is 15.1. The SMILES string of the molecule is COc1cc(Br)ccc1OCC(=O)N=Nc1c(O)[nH]c2ccc(F)cc12. The molecule has 1 heterocycles. The molecule has 0 radical (unpaired) electrons. The van der Waals surface area contributed by atoms with Gasteiger partial charge in [0.1, 0.15) is 5.82 Å². The van der Waals surface area contributed by atoms with Gasteiger partial charge in [0.15, 0.2) is 23.8 Å². The first-order valence-electron chi connectivity index (χ1n) is 7.39. The number of hydrogen-bond acceptors (Lipinski definition) is 5. The minimum Gasteiger partial charge on any atom is -0.493 e. The van der Waals surface area contributed by atoms with Gasteiger partial charge >= 0.3 is 5.91 Å². The van der Waals surface area contributed by atoms with Crippen molar-refractivity contribution in [2.75, 3.05) is 13.7 Å². The minimum absolute atomic E-state index is 0.0194. The molecule has 3 rings (SSSR count). The van der Waals surface area contributed by atoms with Gasteiger partial charge in [0.05, 0.1) is 12.6 Å². The summed E-state index contributed by atoms with van der Waals surface area (Å²) in [5.74, 6) is -0.659. The van der Waals surface area contributed by atoms with Crippen LogP contribution in [-0.2, 0) is 4.79 Å². The lowest BCUT2D eigenvalue weighted by Crippen LogP contribution is -2.08. The Kier molecular flexibility index (Phi) is 5.17. The van der Waals surface area contributed by atoms with Crippen molar-refractivity contribution in [1.82, 2.24) is 4.98 Å². The highest BCUT2D eigenvalue weighted by atomic mass is 79.9. The van der Waals surface area contributed by atoms with Gasteiger partial charge in [-0.3, -0.25) is 4.79 Å². The standard InChI is InChI=1S/C17H13BrFN3O4/c1-25-14-6-9(18)2-5-13(14)26-8-15(23)21-22-16-11-7-10(19)3-4-12(11)20-17(16)24/h2-7,20,24H,8H2,1H3. The number of methoxy groups -OCH3 is 1. The van der Waals surface area contributed by atoms with Crippen LogP contribution in [0.2, 0.25) is 0 Å². The molecular weight excluding hydrogens is 409 g/mol. The molecule has 0 unspecified atom stereocenters. The fourth-order valence-electron chi connectivity index (χ4n) is 2.27. The van der Waals surface area contributed by atoms with E-state index in [2.05, 4.69) is 31.1 Å². The molecule has 1 amide bonds. The fraction of sp³-hybridized carbons (Fsp3) is 0.118. The van der Waals surface area contributed by atoms with Gasteiger partial charge in [-0.15, -0.1) is 10.2 Å². The molecule has 2 N–H and O–H groups in total. The third-order valence-corrected chi connectivity index (χ3v) is 3.95. The Morgan fingerprint density at radius 3 is 2.85 bits per heavy atom. The van der Waals surface area contributed by atoms with Crippen LogP contribution in [0.4, 0.5) is 10.1 Å². The van der Waals surface area contributed by atoms with Crippen molar-refractivity contribution in [2.24, 2.45) is 10.2 Å². The molecular formula is C17H13BrFN3O4. The predicted molar refractivity (Wildman–Crippen MR) is 95.6 cm³/mol. The third kappa shape index (κ3) is 3.83. The predicted octanol–water partition coefficient (Wildman–Crippen LogP) is 4.47. The van der Waals surface area contributed by atoms with E-state index in [1.165, 1.54) is 25.3 Å². The molecule has 0 bridgehead atoms. The topological polar surface area (TPSA) is 96.3 Å². The number of H-pyrrole nitrogens is 1. The maximum absolute atomic E-state index is 13.4. The van der Waals surface area contributed by atoms with Crippen molar-refractivity contribution in [3.8, 4) is 17.4 Å². The number of benzene rings is 2. The second-order valence-electron chi connectivity index (χ2n) is 5.19. The molecule has 0 fully saturated rings. The van der Waals surface area contributed by atoms with Gasteiger partial charge in [-0.2, -0.15) is 0 Å². The van der Waals surface area contributed by atoms with Gasteiger partial charge in [-0.05, 0) is 36.4 Å². The molecule has 0 aliphatic heterocycles. The maximum atomic E-state index is 13.4. The van der Waals surface area contributed by atoms with Crippen molar-refractivity contribution in [1.29, 1.82) is 0 Å². The Morgan fingerprint density at radius 2 is 2.08 bits per heavy atom. The highest BCUT2D eigenvalue weighted by Gasteiger charge is 2.12. The summed E-state index contributed by atoms with van der Waals surface area (Å²) < 4.78 is 24.7. The average molecular weight is 422 g/mol. The quantitative estimate of drug-likeness (QED) is 0.593. The number of aromatic amines is 1. The highest BCUT2D eigenvalue weighted by molar-refractivity contribution is 9.10. The summed E-state index contributed by atoms with van der Waals surface area (Å²) in [4.78, 5) is 14.5. The summed E-state index contributed by atoms with van der Waals surface area (Å²) >= 11 is 3.31. The summed E-state index contributed by atoms with van der Waals surface area (Å²) in [6, 6.07) is 8.95. The number of nitrogens with zero attached hydrogens (tertiary/aromatic N) is 2. The van der Waals surface area contributed by atoms with Crippen LogP contribution in [0, 0.1) is 5.82 Å². The molecule has 0 spiro atoms. The normalized spacial score (nSPS) is 11.2. The number of amides is 1. The second-order valence-corrected chi connectivity index (χ2v) is 6.11. The van der Waals surface area contributed by atoms with E-state index in [1.54, 1.807) is 18.2 Å². The van der Waals surface area contributed by atoms with Crippen LogP contribution in [0.3, 0.4) is 0 Å².